The summed E-state index contributed by atoms with van der Waals surface area (Å²) in [6.45, 7) is 2.44. The fourth-order valence-corrected chi connectivity index (χ4v) is 1.87. The second-order valence-electron chi connectivity index (χ2n) is 3.87. The van der Waals surface area contributed by atoms with Crippen LogP contribution >= 0.6 is 0 Å². The molecule has 2 unspecified atom stereocenters. The minimum atomic E-state index is -0.700. The van der Waals surface area contributed by atoms with E-state index < -0.39 is 5.97 Å². The van der Waals surface area contributed by atoms with E-state index >= 15 is 0 Å². The van der Waals surface area contributed by atoms with Gasteiger partial charge < -0.3 is 10.4 Å². The number of aliphatic carboxylic acids is 1. The third kappa shape index (κ3) is 3.01. The highest BCUT2D eigenvalue weighted by atomic mass is 16.4. The molecule has 0 radical (unpaired) electrons. The number of carbonyl (C=O) groups is 2. The van der Waals surface area contributed by atoms with Gasteiger partial charge in [-0.1, -0.05) is 6.92 Å². The molecule has 1 fully saturated rings. The molecule has 0 spiro atoms. The third-order valence-corrected chi connectivity index (χ3v) is 2.80. The smallest absolute Gasteiger partial charge is 0.306 e. The average Bonchev–Trinajstić information content (AvgIpc) is 2.62. The quantitative estimate of drug-likeness (QED) is 0.710. The summed E-state index contributed by atoms with van der Waals surface area (Å²) in [6.07, 6.45) is 2.87. The molecule has 0 bridgehead atoms. The Labute approximate surface area is 83.7 Å². The van der Waals surface area contributed by atoms with E-state index in [2.05, 4.69) is 5.32 Å². The van der Waals surface area contributed by atoms with Crippen LogP contribution in [0.4, 0.5) is 0 Å². The lowest BCUT2D eigenvalue weighted by Crippen LogP contribution is -2.27. The van der Waals surface area contributed by atoms with Crippen molar-refractivity contribution in [2.24, 2.45) is 11.8 Å². The van der Waals surface area contributed by atoms with Crippen LogP contribution in [0, 0.1) is 11.8 Å². The molecule has 1 amide bonds. The highest BCUT2D eigenvalue weighted by Crippen LogP contribution is 2.30. The summed E-state index contributed by atoms with van der Waals surface area (Å²) in [7, 11) is 0. The van der Waals surface area contributed by atoms with E-state index in [1.807, 2.05) is 6.92 Å². The highest BCUT2D eigenvalue weighted by molar-refractivity contribution is 5.75. The first-order valence-corrected chi connectivity index (χ1v) is 5.13. The van der Waals surface area contributed by atoms with Gasteiger partial charge in [0.2, 0.25) is 5.91 Å². The van der Waals surface area contributed by atoms with Gasteiger partial charge in [0, 0.05) is 13.0 Å². The predicted octanol–water partition coefficient (Wildman–Crippen LogP) is 1.01. The Bertz CT molecular complexity index is 227. The molecule has 0 aromatic heterocycles. The molecule has 2 atom stereocenters. The van der Waals surface area contributed by atoms with E-state index in [1.165, 1.54) is 0 Å². The molecule has 0 aliphatic heterocycles. The number of nitrogens with one attached hydrogen (secondary N) is 1. The van der Waals surface area contributed by atoms with E-state index in [1.54, 1.807) is 0 Å². The predicted molar refractivity (Wildman–Crippen MR) is 51.8 cm³/mol. The lowest BCUT2D eigenvalue weighted by atomic mass is 10.1. The molecule has 14 heavy (non-hydrogen) atoms. The molecule has 1 saturated carbocycles. The van der Waals surface area contributed by atoms with Crippen molar-refractivity contribution in [2.45, 2.75) is 32.6 Å². The van der Waals surface area contributed by atoms with E-state index in [9.17, 15) is 9.59 Å². The summed E-state index contributed by atoms with van der Waals surface area (Å²) in [4.78, 5) is 21.6. The highest BCUT2D eigenvalue weighted by Gasteiger charge is 2.29. The summed E-state index contributed by atoms with van der Waals surface area (Å²) < 4.78 is 0. The maximum atomic E-state index is 11.0. The number of hydrogen-bond acceptors (Lipinski definition) is 2. The summed E-state index contributed by atoms with van der Waals surface area (Å²) in [6, 6.07) is 0. The third-order valence-electron chi connectivity index (χ3n) is 2.80. The average molecular weight is 199 g/mol. The van der Waals surface area contributed by atoms with Crippen LogP contribution in [0.5, 0.6) is 0 Å². The molecule has 0 saturated heterocycles. The van der Waals surface area contributed by atoms with E-state index in [0.717, 1.165) is 12.8 Å². The molecular weight excluding hydrogens is 182 g/mol. The normalized spacial score (nSPS) is 26.1. The molecule has 1 aliphatic carbocycles. The van der Waals surface area contributed by atoms with Crippen molar-refractivity contribution in [3.63, 3.8) is 0 Å². The first kappa shape index (κ1) is 11.0. The number of amides is 1. The summed E-state index contributed by atoms with van der Waals surface area (Å²) in [5, 5.41) is 11.6. The zero-order valence-corrected chi connectivity index (χ0v) is 8.45. The van der Waals surface area contributed by atoms with Gasteiger partial charge in [-0.2, -0.15) is 0 Å². The van der Waals surface area contributed by atoms with Gasteiger partial charge in [0.1, 0.15) is 0 Å². The molecule has 0 heterocycles. The zero-order valence-electron chi connectivity index (χ0n) is 8.45. The second kappa shape index (κ2) is 4.98. The standard InChI is InChI=1S/C10H17NO3/c1-2-9(12)11-6-7-3-4-8(5-7)10(13)14/h7-8H,2-6H2,1H3,(H,11,12)(H,13,14). The molecular formula is C10H17NO3. The maximum absolute atomic E-state index is 11.0. The van der Waals surface area contributed by atoms with Crippen LogP contribution in [0.2, 0.25) is 0 Å². The van der Waals surface area contributed by atoms with Crippen molar-refractivity contribution in [3.8, 4) is 0 Å². The van der Waals surface area contributed by atoms with Crippen LogP contribution in [0.25, 0.3) is 0 Å². The van der Waals surface area contributed by atoms with Gasteiger partial charge in [-0.25, -0.2) is 0 Å². The van der Waals surface area contributed by atoms with Gasteiger partial charge in [0.05, 0.1) is 5.92 Å². The summed E-state index contributed by atoms with van der Waals surface area (Å²) in [5.74, 6) is -0.497. The van der Waals surface area contributed by atoms with Crippen LogP contribution in [-0.4, -0.2) is 23.5 Å². The van der Waals surface area contributed by atoms with Gasteiger partial charge in [0.25, 0.3) is 0 Å². The Morgan fingerprint density at radius 2 is 2.14 bits per heavy atom. The van der Waals surface area contributed by atoms with E-state index in [-0.39, 0.29) is 11.8 Å². The maximum Gasteiger partial charge on any atom is 0.306 e. The number of rotatable bonds is 4. The van der Waals surface area contributed by atoms with Crippen LogP contribution in [0.3, 0.4) is 0 Å². The van der Waals surface area contributed by atoms with Crippen LogP contribution in [0.1, 0.15) is 32.6 Å². The first-order valence-electron chi connectivity index (χ1n) is 5.13. The van der Waals surface area contributed by atoms with Gasteiger partial charge in [-0.3, -0.25) is 9.59 Å². The largest absolute Gasteiger partial charge is 0.481 e. The summed E-state index contributed by atoms with van der Waals surface area (Å²) >= 11 is 0. The molecule has 1 rings (SSSR count). The Morgan fingerprint density at radius 3 is 2.64 bits per heavy atom. The first-order chi connectivity index (χ1) is 6.63. The number of hydrogen-bond donors (Lipinski definition) is 2. The molecule has 1 aliphatic rings. The van der Waals surface area contributed by atoms with Crippen LogP contribution < -0.4 is 5.32 Å². The Balaban J connectivity index is 2.22. The zero-order chi connectivity index (χ0) is 10.6. The molecule has 4 heteroatoms. The minimum absolute atomic E-state index is 0.0452. The van der Waals surface area contributed by atoms with E-state index in [0.29, 0.717) is 25.3 Å². The molecule has 4 nitrogen and oxygen atoms in total. The monoisotopic (exact) mass is 199 g/mol. The molecule has 0 aromatic carbocycles. The number of carboxylic acid groups (broad SMARTS) is 1. The number of carbonyl (C=O) groups excluding carboxylic acids is 1. The van der Waals surface area contributed by atoms with Gasteiger partial charge in [-0.15, -0.1) is 0 Å². The molecule has 2 N–H and O–H groups in total. The molecule has 80 valence electrons. The van der Waals surface area contributed by atoms with Crippen molar-refractivity contribution >= 4 is 11.9 Å². The SMILES string of the molecule is CCC(=O)NCC1CCC(C(=O)O)C1. The van der Waals surface area contributed by atoms with Crippen molar-refractivity contribution < 1.29 is 14.7 Å². The topological polar surface area (TPSA) is 66.4 Å². The van der Waals surface area contributed by atoms with Gasteiger partial charge >= 0.3 is 5.97 Å². The van der Waals surface area contributed by atoms with Gasteiger partial charge in [-0.05, 0) is 25.2 Å². The van der Waals surface area contributed by atoms with Crippen molar-refractivity contribution in [3.05, 3.63) is 0 Å². The Hall–Kier alpha value is -1.06. The Morgan fingerprint density at radius 1 is 1.43 bits per heavy atom. The lowest BCUT2D eigenvalue weighted by Gasteiger charge is -2.10. The number of carboxylic acids is 1. The van der Waals surface area contributed by atoms with Crippen molar-refractivity contribution in [2.75, 3.05) is 6.54 Å². The van der Waals surface area contributed by atoms with Crippen LogP contribution in [0.15, 0.2) is 0 Å². The molecule has 0 aromatic rings. The summed E-state index contributed by atoms with van der Waals surface area (Å²) in [5.41, 5.74) is 0. The van der Waals surface area contributed by atoms with Crippen molar-refractivity contribution in [1.82, 2.24) is 5.32 Å². The fraction of sp³-hybridized carbons (Fsp3) is 0.800. The van der Waals surface area contributed by atoms with E-state index in [4.69, 9.17) is 5.11 Å². The lowest BCUT2D eigenvalue weighted by molar-refractivity contribution is -0.141. The Kier molecular flexibility index (Phi) is 3.92. The fourth-order valence-electron chi connectivity index (χ4n) is 1.87. The second-order valence-corrected chi connectivity index (χ2v) is 3.87. The van der Waals surface area contributed by atoms with Crippen LogP contribution in [-0.2, 0) is 9.59 Å². The minimum Gasteiger partial charge on any atom is -0.481 e. The van der Waals surface area contributed by atoms with Crippen molar-refractivity contribution in [1.29, 1.82) is 0 Å². The van der Waals surface area contributed by atoms with Gasteiger partial charge in [0.15, 0.2) is 0 Å².